The number of aromatic hydroxyl groups is 1. The van der Waals surface area contributed by atoms with Gasteiger partial charge in [0.05, 0.1) is 6.54 Å². The molecule has 5 nitrogen and oxygen atoms in total. The Morgan fingerprint density at radius 1 is 1.28 bits per heavy atom. The number of rotatable bonds is 10. The summed E-state index contributed by atoms with van der Waals surface area (Å²) in [6, 6.07) is 8.80. The van der Waals surface area contributed by atoms with Crippen LogP contribution in [0.2, 0.25) is 0 Å². The van der Waals surface area contributed by atoms with Crippen molar-refractivity contribution < 1.29 is 15.0 Å². The first-order chi connectivity index (χ1) is 12.0. The maximum atomic E-state index is 11.1. The van der Waals surface area contributed by atoms with E-state index in [1.54, 1.807) is 12.1 Å². The number of carboxylic acid groups (broad SMARTS) is 1. The smallest absolute Gasteiger partial charge is 0.317 e. The Balaban J connectivity index is 1.36. The maximum Gasteiger partial charge on any atom is 0.317 e. The van der Waals surface area contributed by atoms with E-state index in [4.69, 9.17) is 5.11 Å². The number of phenolic OH excluding ortho intramolecular Hbond substituents is 1. The Kier molecular flexibility index (Phi) is 5.97. The summed E-state index contributed by atoms with van der Waals surface area (Å²) in [5.41, 5.74) is 1.25. The Labute approximate surface area is 150 Å². The number of hydrogen-bond acceptors (Lipinski definition) is 4. The number of phenols is 1. The summed E-state index contributed by atoms with van der Waals surface area (Å²) in [6.45, 7) is 3.36. The van der Waals surface area contributed by atoms with Gasteiger partial charge in [-0.15, -0.1) is 0 Å². The minimum Gasteiger partial charge on any atom is -0.508 e. The average molecular weight is 346 g/mol. The number of carbonyl (C=O) groups is 1. The van der Waals surface area contributed by atoms with Crippen LogP contribution in [-0.4, -0.2) is 52.3 Å². The molecule has 5 heteroatoms. The van der Waals surface area contributed by atoms with Gasteiger partial charge in [0.15, 0.2) is 0 Å². The van der Waals surface area contributed by atoms with E-state index in [2.05, 4.69) is 17.1 Å². The SMILES string of the molecule is CC(CCc1ccc(O)cc1)NC1CC(N(CC(=O)O)CC2CC2)C1. The molecule has 0 aromatic heterocycles. The zero-order valence-electron chi connectivity index (χ0n) is 15.0. The normalized spacial score (nSPS) is 24.1. The number of benzene rings is 1. The zero-order chi connectivity index (χ0) is 17.8. The predicted molar refractivity (Wildman–Crippen MR) is 97.8 cm³/mol. The van der Waals surface area contributed by atoms with Crippen LogP contribution in [0, 0.1) is 5.92 Å². The van der Waals surface area contributed by atoms with E-state index >= 15 is 0 Å². The highest BCUT2D eigenvalue weighted by atomic mass is 16.4. The molecular formula is C20H30N2O3. The van der Waals surface area contributed by atoms with Crippen LogP contribution < -0.4 is 5.32 Å². The Morgan fingerprint density at radius 2 is 1.96 bits per heavy atom. The lowest BCUT2D eigenvalue weighted by atomic mass is 9.84. The fourth-order valence-electron chi connectivity index (χ4n) is 3.70. The summed E-state index contributed by atoms with van der Waals surface area (Å²) in [5, 5.41) is 22.1. The Morgan fingerprint density at radius 3 is 2.56 bits per heavy atom. The second-order valence-corrected chi connectivity index (χ2v) is 7.86. The molecule has 1 atom stereocenters. The van der Waals surface area contributed by atoms with Crippen molar-refractivity contribution in [2.24, 2.45) is 5.92 Å². The summed E-state index contributed by atoms with van der Waals surface area (Å²) >= 11 is 0. The van der Waals surface area contributed by atoms with Crippen molar-refractivity contribution in [2.75, 3.05) is 13.1 Å². The van der Waals surface area contributed by atoms with E-state index in [0.29, 0.717) is 23.9 Å². The third-order valence-corrected chi connectivity index (χ3v) is 5.48. The second kappa shape index (κ2) is 8.19. The second-order valence-electron chi connectivity index (χ2n) is 7.86. The lowest BCUT2D eigenvalue weighted by Gasteiger charge is -2.44. The molecule has 138 valence electrons. The first kappa shape index (κ1) is 18.2. The van der Waals surface area contributed by atoms with E-state index in [0.717, 1.165) is 38.1 Å². The van der Waals surface area contributed by atoms with Gasteiger partial charge in [-0.2, -0.15) is 0 Å². The first-order valence-corrected chi connectivity index (χ1v) is 9.49. The van der Waals surface area contributed by atoms with Crippen LogP contribution in [0.1, 0.15) is 44.6 Å². The molecule has 0 saturated heterocycles. The molecule has 3 N–H and O–H groups in total. The van der Waals surface area contributed by atoms with Crippen LogP contribution >= 0.6 is 0 Å². The fourth-order valence-corrected chi connectivity index (χ4v) is 3.70. The van der Waals surface area contributed by atoms with Gasteiger partial charge in [0.1, 0.15) is 5.75 Å². The van der Waals surface area contributed by atoms with Gasteiger partial charge < -0.3 is 15.5 Å². The molecule has 0 bridgehead atoms. The summed E-state index contributed by atoms with van der Waals surface area (Å²) in [4.78, 5) is 13.3. The van der Waals surface area contributed by atoms with Gasteiger partial charge in [0.2, 0.25) is 0 Å². The quantitative estimate of drug-likeness (QED) is 0.607. The lowest BCUT2D eigenvalue weighted by Crippen LogP contribution is -2.55. The lowest BCUT2D eigenvalue weighted by molar-refractivity contribution is -0.139. The fraction of sp³-hybridized carbons (Fsp3) is 0.650. The number of aliphatic carboxylic acids is 1. The van der Waals surface area contributed by atoms with E-state index in [1.807, 2.05) is 12.1 Å². The minimum atomic E-state index is -0.709. The number of aryl methyl sites for hydroxylation is 1. The van der Waals surface area contributed by atoms with Gasteiger partial charge in [-0.1, -0.05) is 12.1 Å². The van der Waals surface area contributed by atoms with Crippen LogP contribution in [0.5, 0.6) is 5.75 Å². The van der Waals surface area contributed by atoms with Crippen molar-refractivity contribution in [1.82, 2.24) is 10.2 Å². The third-order valence-electron chi connectivity index (χ3n) is 5.48. The van der Waals surface area contributed by atoms with Crippen molar-refractivity contribution in [2.45, 2.75) is 63.6 Å². The maximum absolute atomic E-state index is 11.1. The molecule has 2 aliphatic rings. The van der Waals surface area contributed by atoms with Crippen LogP contribution in [0.3, 0.4) is 0 Å². The highest BCUT2D eigenvalue weighted by molar-refractivity contribution is 5.69. The van der Waals surface area contributed by atoms with Gasteiger partial charge >= 0.3 is 5.97 Å². The number of carboxylic acids is 1. The predicted octanol–water partition coefficient (Wildman–Crippen LogP) is 2.63. The highest BCUT2D eigenvalue weighted by Crippen LogP contribution is 2.34. The molecule has 0 radical (unpaired) electrons. The van der Waals surface area contributed by atoms with Gasteiger partial charge in [0, 0.05) is 24.7 Å². The average Bonchev–Trinajstić information content (AvgIpc) is 3.33. The van der Waals surface area contributed by atoms with Gasteiger partial charge in [-0.3, -0.25) is 9.69 Å². The van der Waals surface area contributed by atoms with Crippen molar-refractivity contribution >= 4 is 5.97 Å². The molecule has 1 aromatic rings. The Hall–Kier alpha value is -1.59. The molecule has 2 aliphatic carbocycles. The van der Waals surface area contributed by atoms with Crippen molar-refractivity contribution in [3.63, 3.8) is 0 Å². The molecule has 1 unspecified atom stereocenters. The van der Waals surface area contributed by atoms with E-state index < -0.39 is 5.97 Å². The molecule has 0 amide bonds. The van der Waals surface area contributed by atoms with E-state index in [1.165, 1.54) is 18.4 Å². The molecule has 3 rings (SSSR count). The summed E-state index contributed by atoms with van der Waals surface area (Å²) in [5.74, 6) is 0.336. The van der Waals surface area contributed by atoms with Crippen molar-refractivity contribution in [1.29, 1.82) is 0 Å². The molecule has 0 aliphatic heterocycles. The molecule has 0 heterocycles. The van der Waals surface area contributed by atoms with Crippen molar-refractivity contribution in [3.8, 4) is 5.75 Å². The minimum absolute atomic E-state index is 0.185. The van der Waals surface area contributed by atoms with Crippen LogP contribution in [0.25, 0.3) is 0 Å². The summed E-state index contributed by atoms with van der Waals surface area (Å²) in [7, 11) is 0. The molecule has 1 aromatic carbocycles. The number of nitrogens with one attached hydrogen (secondary N) is 1. The number of nitrogens with zero attached hydrogens (tertiary/aromatic N) is 1. The molecule has 0 spiro atoms. The van der Waals surface area contributed by atoms with Gasteiger partial charge in [0.25, 0.3) is 0 Å². The topological polar surface area (TPSA) is 72.8 Å². The molecule has 2 saturated carbocycles. The Bertz CT molecular complexity index is 565. The summed E-state index contributed by atoms with van der Waals surface area (Å²) < 4.78 is 0. The summed E-state index contributed by atoms with van der Waals surface area (Å²) in [6.07, 6.45) is 6.70. The highest BCUT2D eigenvalue weighted by Gasteiger charge is 2.37. The zero-order valence-corrected chi connectivity index (χ0v) is 15.0. The van der Waals surface area contributed by atoms with Crippen LogP contribution in [0.4, 0.5) is 0 Å². The third kappa shape index (κ3) is 5.72. The molecular weight excluding hydrogens is 316 g/mol. The largest absolute Gasteiger partial charge is 0.508 e. The monoisotopic (exact) mass is 346 g/mol. The molecule has 25 heavy (non-hydrogen) atoms. The van der Waals surface area contributed by atoms with E-state index in [9.17, 15) is 9.90 Å². The standard InChI is InChI=1S/C20H30N2O3/c1-14(2-3-15-6-8-19(23)9-7-15)21-17-10-18(11-17)22(13-20(24)25)12-16-4-5-16/h6-9,14,16-18,21,23H,2-5,10-13H2,1H3,(H,24,25). The van der Waals surface area contributed by atoms with Crippen molar-refractivity contribution in [3.05, 3.63) is 29.8 Å². The van der Waals surface area contributed by atoms with Crippen LogP contribution in [-0.2, 0) is 11.2 Å². The van der Waals surface area contributed by atoms with Crippen LogP contribution in [0.15, 0.2) is 24.3 Å². The van der Waals surface area contributed by atoms with E-state index in [-0.39, 0.29) is 6.54 Å². The van der Waals surface area contributed by atoms with Gasteiger partial charge in [-0.05, 0) is 69.1 Å². The molecule has 2 fully saturated rings. The first-order valence-electron chi connectivity index (χ1n) is 9.49. The number of hydrogen-bond donors (Lipinski definition) is 3. The van der Waals surface area contributed by atoms with Gasteiger partial charge in [-0.25, -0.2) is 0 Å².